The van der Waals surface area contributed by atoms with E-state index in [1.165, 1.54) is 0 Å². The van der Waals surface area contributed by atoms with E-state index >= 15 is 0 Å². The van der Waals surface area contributed by atoms with E-state index in [-0.39, 0.29) is 6.09 Å². The van der Waals surface area contributed by atoms with Gasteiger partial charge in [0.15, 0.2) is 0 Å². The molecule has 108 valence electrons. The fourth-order valence-electron chi connectivity index (χ4n) is 1.58. The summed E-state index contributed by atoms with van der Waals surface area (Å²) in [5.41, 5.74) is 1.77. The molecule has 0 fully saturated rings. The van der Waals surface area contributed by atoms with Gasteiger partial charge in [-0.1, -0.05) is 43.0 Å². The number of carbonyl (C=O) groups excluding carboxylic acids is 1. The van der Waals surface area contributed by atoms with Gasteiger partial charge in [0, 0.05) is 6.54 Å². The molecular weight excluding hydrogens is 250 g/mol. The summed E-state index contributed by atoms with van der Waals surface area (Å²) in [6, 6.07) is 8.10. The topological polar surface area (TPSA) is 38.3 Å². The first-order chi connectivity index (χ1) is 9.40. The number of nitrogens with one attached hydrogen (secondary N) is 1. The van der Waals surface area contributed by atoms with Crippen molar-refractivity contribution in [2.75, 3.05) is 6.54 Å². The predicted molar refractivity (Wildman–Crippen MR) is 84.4 cm³/mol. The van der Waals surface area contributed by atoms with Crippen molar-refractivity contribution in [2.24, 2.45) is 0 Å². The summed E-state index contributed by atoms with van der Waals surface area (Å²) >= 11 is 0. The van der Waals surface area contributed by atoms with E-state index in [2.05, 4.69) is 18.0 Å². The minimum absolute atomic E-state index is 0.375. The lowest BCUT2D eigenvalue weighted by molar-refractivity contribution is 0.0529. The van der Waals surface area contributed by atoms with Crippen molar-refractivity contribution in [3.05, 3.63) is 48.0 Å². The van der Waals surface area contributed by atoms with Crippen molar-refractivity contribution >= 4 is 18.2 Å². The van der Waals surface area contributed by atoms with Gasteiger partial charge in [-0.15, -0.1) is 0 Å². The van der Waals surface area contributed by atoms with Crippen molar-refractivity contribution in [3.63, 3.8) is 0 Å². The number of hydrogen-bond acceptors (Lipinski definition) is 2. The summed E-state index contributed by atoms with van der Waals surface area (Å²) in [5, 5.41) is 2.72. The van der Waals surface area contributed by atoms with Gasteiger partial charge >= 0.3 is 6.09 Å². The molecular formula is C17H23NO2. The van der Waals surface area contributed by atoms with Crippen molar-refractivity contribution in [1.29, 1.82) is 0 Å². The molecule has 0 aliphatic carbocycles. The minimum atomic E-state index is -0.453. The second-order valence-electron chi connectivity index (χ2n) is 5.49. The van der Waals surface area contributed by atoms with Gasteiger partial charge in [0.25, 0.3) is 0 Å². The zero-order chi connectivity index (χ0) is 15.0. The molecule has 0 radical (unpaired) electrons. The second kappa shape index (κ2) is 7.53. The maximum absolute atomic E-state index is 11.4. The van der Waals surface area contributed by atoms with Crippen molar-refractivity contribution < 1.29 is 9.53 Å². The van der Waals surface area contributed by atoms with Crippen molar-refractivity contribution in [1.82, 2.24) is 5.32 Å². The molecule has 0 atom stereocenters. The van der Waals surface area contributed by atoms with E-state index in [9.17, 15) is 4.79 Å². The SMILES string of the molecule is C=Cc1cccc(C=CCCNC(=O)OC(C)(C)C)c1. The van der Waals surface area contributed by atoms with Gasteiger partial charge in [0.1, 0.15) is 5.60 Å². The molecule has 0 saturated heterocycles. The molecule has 0 aromatic heterocycles. The number of ether oxygens (including phenoxy) is 1. The highest BCUT2D eigenvalue weighted by atomic mass is 16.6. The quantitative estimate of drug-likeness (QED) is 0.814. The molecule has 1 rings (SSSR count). The fourth-order valence-corrected chi connectivity index (χ4v) is 1.58. The zero-order valence-electron chi connectivity index (χ0n) is 12.5. The molecule has 1 aromatic carbocycles. The predicted octanol–water partition coefficient (Wildman–Crippen LogP) is 4.26. The van der Waals surface area contributed by atoms with Crippen LogP contribution in [0.2, 0.25) is 0 Å². The fraction of sp³-hybridized carbons (Fsp3) is 0.353. The first-order valence-corrected chi connectivity index (χ1v) is 6.76. The van der Waals surface area contributed by atoms with Gasteiger partial charge in [-0.05, 0) is 44.4 Å². The van der Waals surface area contributed by atoms with E-state index in [1.807, 2.05) is 57.2 Å². The molecule has 3 heteroatoms. The lowest BCUT2D eigenvalue weighted by Gasteiger charge is -2.19. The average molecular weight is 273 g/mol. The van der Waals surface area contributed by atoms with E-state index < -0.39 is 5.60 Å². The Balaban J connectivity index is 2.31. The van der Waals surface area contributed by atoms with E-state index in [0.717, 1.165) is 17.5 Å². The number of amides is 1. The number of rotatable bonds is 5. The summed E-state index contributed by atoms with van der Waals surface area (Å²) in [6.45, 7) is 9.85. The molecule has 0 saturated carbocycles. The van der Waals surface area contributed by atoms with Gasteiger partial charge in [0.05, 0.1) is 0 Å². The molecule has 0 heterocycles. The van der Waals surface area contributed by atoms with Crippen LogP contribution in [0.25, 0.3) is 12.2 Å². The molecule has 20 heavy (non-hydrogen) atoms. The van der Waals surface area contributed by atoms with Crippen LogP contribution in [0, 0.1) is 0 Å². The highest BCUT2D eigenvalue weighted by molar-refractivity contribution is 5.67. The van der Waals surface area contributed by atoms with Crippen molar-refractivity contribution in [2.45, 2.75) is 32.8 Å². The van der Waals surface area contributed by atoms with Crippen LogP contribution in [0.15, 0.2) is 36.9 Å². The third kappa shape index (κ3) is 6.78. The van der Waals surface area contributed by atoms with Crippen LogP contribution in [0.3, 0.4) is 0 Å². The molecule has 0 bridgehead atoms. The Hall–Kier alpha value is -2.03. The van der Waals surface area contributed by atoms with Crippen LogP contribution < -0.4 is 5.32 Å². The number of alkyl carbamates (subject to hydrolysis) is 1. The number of carbonyl (C=O) groups is 1. The maximum atomic E-state index is 11.4. The number of benzene rings is 1. The maximum Gasteiger partial charge on any atom is 0.407 e. The summed E-state index contributed by atoms with van der Waals surface area (Å²) in [6.07, 6.45) is 6.27. The summed E-state index contributed by atoms with van der Waals surface area (Å²) in [7, 11) is 0. The molecule has 1 amide bonds. The molecule has 0 aliphatic rings. The third-order valence-corrected chi connectivity index (χ3v) is 2.44. The van der Waals surface area contributed by atoms with Crippen LogP contribution in [0.1, 0.15) is 38.3 Å². The van der Waals surface area contributed by atoms with E-state index in [0.29, 0.717) is 6.54 Å². The Labute approximate surface area is 121 Å². The highest BCUT2D eigenvalue weighted by Gasteiger charge is 2.14. The Kier molecular flexibility index (Phi) is 6.04. The van der Waals surface area contributed by atoms with Crippen LogP contribution in [-0.4, -0.2) is 18.2 Å². The first-order valence-electron chi connectivity index (χ1n) is 6.76. The molecule has 0 spiro atoms. The summed E-state index contributed by atoms with van der Waals surface area (Å²) in [4.78, 5) is 11.4. The lowest BCUT2D eigenvalue weighted by atomic mass is 10.1. The Bertz CT molecular complexity index is 484. The number of hydrogen-bond donors (Lipinski definition) is 1. The molecule has 1 aromatic rings. The standard InChI is InChI=1S/C17H23NO2/c1-5-14-10-8-11-15(13-14)9-6-7-12-18-16(19)20-17(2,3)4/h5-6,8-11,13H,1,7,12H2,2-4H3,(H,18,19). The summed E-state index contributed by atoms with van der Waals surface area (Å²) < 4.78 is 5.15. The van der Waals surface area contributed by atoms with Crippen LogP contribution in [0.5, 0.6) is 0 Å². The Morgan fingerprint density at radius 1 is 1.35 bits per heavy atom. The Morgan fingerprint density at radius 2 is 2.05 bits per heavy atom. The van der Waals surface area contributed by atoms with Crippen LogP contribution in [-0.2, 0) is 4.74 Å². The van der Waals surface area contributed by atoms with Gasteiger partial charge in [0.2, 0.25) is 0 Å². The minimum Gasteiger partial charge on any atom is -0.444 e. The normalized spacial score (nSPS) is 11.3. The van der Waals surface area contributed by atoms with Gasteiger partial charge in [-0.3, -0.25) is 0 Å². The van der Waals surface area contributed by atoms with Gasteiger partial charge in [-0.25, -0.2) is 4.79 Å². The molecule has 3 nitrogen and oxygen atoms in total. The monoisotopic (exact) mass is 273 g/mol. The smallest absolute Gasteiger partial charge is 0.407 e. The van der Waals surface area contributed by atoms with Gasteiger partial charge < -0.3 is 10.1 Å². The average Bonchev–Trinajstić information content (AvgIpc) is 2.36. The van der Waals surface area contributed by atoms with Crippen LogP contribution in [0.4, 0.5) is 4.79 Å². The molecule has 0 unspecified atom stereocenters. The van der Waals surface area contributed by atoms with E-state index in [1.54, 1.807) is 0 Å². The second-order valence-corrected chi connectivity index (χ2v) is 5.49. The third-order valence-electron chi connectivity index (χ3n) is 2.44. The highest BCUT2D eigenvalue weighted by Crippen LogP contribution is 2.08. The largest absolute Gasteiger partial charge is 0.444 e. The zero-order valence-corrected chi connectivity index (χ0v) is 12.5. The summed E-state index contributed by atoms with van der Waals surface area (Å²) in [5.74, 6) is 0. The van der Waals surface area contributed by atoms with Crippen LogP contribution >= 0.6 is 0 Å². The Morgan fingerprint density at radius 3 is 2.70 bits per heavy atom. The molecule has 1 N–H and O–H groups in total. The van der Waals surface area contributed by atoms with E-state index in [4.69, 9.17) is 4.74 Å². The van der Waals surface area contributed by atoms with Gasteiger partial charge in [-0.2, -0.15) is 0 Å². The van der Waals surface area contributed by atoms with Crippen molar-refractivity contribution in [3.8, 4) is 0 Å². The molecule has 0 aliphatic heterocycles. The lowest BCUT2D eigenvalue weighted by Crippen LogP contribution is -2.32. The first kappa shape index (κ1) is 16.0.